The Kier molecular flexibility index (Phi) is 4.68. The van der Waals surface area contributed by atoms with Crippen LogP contribution in [-0.2, 0) is 21.2 Å². The molecule has 3 rings (SSSR count). The maximum Gasteiger partial charge on any atom is 0.243 e. The summed E-state index contributed by atoms with van der Waals surface area (Å²) in [4.78, 5) is 13.6. The van der Waals surface area contributed by atoms with E-state index in [-0.39, 0.29) is 11.9 Å². The van der Waals surface area contributed by atoms with Crippen molar-refractivity contribution in [1.29, 1.82) is 0 Å². The van der Waals surface area contributed by atoms with Gasteiger partial charge in [0.15, 0.2) is 0 Å². The van der Waals surface area contributed by atoms with Gasteiger partial charge < -0.3 is 10.6 Å². The normalized spacial score (nSPS) is 24.9. The average Bonchev–Trinajstić information content (AvgIpc) is 2.97. The molecule has 6 nitrogen and oxygen atoms in total. The van der Waals surface area contributed by atoms with E-state index in [2.05, 4.69) is 6.92 Å². The third-order valence-corrected chi connectivity index (χ3v) is 7.08. The highest BCUT2D eigenvalue weighted by Gasteiger charge is 2.35. The molecule has 1 amide bonds. The van der Waals surface area contributed by atoms with Crippen LogP contribution in [0.4, 0.5) is 5.69 Å². The van der Waals surface area contributed by atoms with Crippen LogP contribution >= 0.6 is 0 Å². The van der Waals surface area contributed by atoms with Gasteiger partial charge >= 0.3 is 0 Å². The highest BCUT2D eigenvalue weighted by molar-refractivity contribution is 7.89. The number of piperidine rings is 1. The molecule has 2 heterocycles. The summed E-state index contributed by atoms with van der Waals surface area (Å²) >= 11 is 0. The van der Waals surface area contributed by atoms with Gasteiger partial charge in [-0.25, -0.2) is 8.42 Å². The van der Waals surface area contributed by atoms with Crippen LogP contribution in [0.2, 0.25) is 0 Å². The van der Waals surface area contributed by atoms with Gasteiger partial charge in [0, 0.05) is 38.3 Å². The maximum atomic E-state index is 13.1. The summed E-state index contributed by atoms with van der Waals surface area (Å²) in [6.07, 6.45) is 2.35. The molecule has 1 saturated heterocycles. The second-order valence-corrected chi connectivity index (χ2v) is 8.74. The lowest BCUT2D eigenvalue weighted by atomic mass is 9.94. The molecule has 2 atom stereocenters. The zero-order valence-corrected chi connectivity index (χ0v) is 15.1. The highest BCUT2D eigenvalue weighted by Crippen LogP contribution is 2.33. The summed E-state index contributed by atoms with van der Waals surface area (Å²) in [5.41, 5.74) is 7.56. The Morgan fingerprint density at radius 2 is 2.08 bits per heavy atom. The van der Waals surface area contributed by atoms with E-state index < -0.39 is 10.0 Å². The van der Waals surface area contributed by atoms with Crippen LogP contribution in [0.15, 0.2) is 23.1 Å². The molecule has 0 aromatic heterocycles. The topological polar surface area (TPSA) is 83.7 Å². The number of carbonyl (C=O) groups is 1. The number of sulfonamides is 1. The molecule has 0 bridgehead atoms. The second kappa shape index (κ2) is 6.46. The lowest BCUT2D eigenvalue weighted by molar-refractivity contribution is -0.116. The minimum absolute atomic E-state index is 0.0161. The van der Waals surface area contributed by atoms with Crippen molar-refractivity contribution >= 4 is 21.6 Å². The van der Waals surface area contributed by atoms with E-state index in [0.717, 1.165) is 24.1 Å². The first-order chi connectivity index (χ1) is 11.3. The Labute approximate surface area is 143 Å². The summed E-state index contributed by atoms with van der Waals surface area (Å²) in [7, 11) is -3.56. The van der Waals surface area contributed by atoms with Crippen molar-refractivity contribution in [2.24, 2.45) is 11.7 Å². The molecular weight excluding hydrogens is 326 g/mol. The number of benzene rings is 1. The van der Waals surface area contributed by atoms with E-state index in [1.54, 1.807) is 27.4 Å². The van der Waals surface area contributed by atoms with E-state index in [1.807, 2.05) is 0 Å². The minimum Gasteiger partial charge on any atom is -0.329 e. The molecule has 2 aliphatic heterocycles. The van der Waals surface area contributed by atoms with Gasteiger partial charge in [-0.2, -0.15) is 4.31 Å². The first kappa shape index (κ1) is 17.4. The van der Waals surface area contributed by atoms with Crippen LogP contribution in [-0.4, -0.2) is 44.3 Å². The van der Waals surface area contributed by atoms with Gasteiger partial charge in [0.05, 0.1) is 4.90 Å². The average molecular weight is 351 g/mol. The molecule has 0 radical (unpaired) electrons. The monoisotopic (exact) mass is 351 g/mol. The van der Waals surface area contributed by atoms with E-state index in [1.165, 1.54) is 6.92 Å². The maximum absolute atomic E-state index is 13.1. The molecule has 2 N–H and O–H groups in total. The van der Waals surface area contributed by atoms with Crippen molar-refractivity contribution in [3.8, 4) is 0 Å². The van der Waals surface area contributed by atoms with Crippen molar-refractivity contribution in [2.45, 2.75) is 44.0 Å². The first-order valence-electron chi connectivity index (χ1n) is 8.47. The fraction of sp³-hybridized carbons (Fsp3) is 0.588. The van der Waals surface area contributed by atoms with E-state index in [4.69, 9.17) is 5.73 Å². The predicted octanol–water partition coefficient (Wildman–Crippen LogP) is 1.34. The summed E-state index contributed by atoms with van der Waals surface area (Å²) < 4.78 is 27.7. The number of fused-ring (bicyclic) bond motifs is 1. The molecule has 0 aliphatic carbocycles. The van der Waals surface area contributed by atoms with Crippen molar-refractivity contribution in [3.05, 3.63) is 23.8 Å². The molecule has 0 spiro atoms. The highest BCUT2D eigenvalue weighted by atomic mass is 32.2. The molecule has 132 valence electrons. The van der Waals surface area contributed by atoms with Gasteiger partial charge in [-0.1, -0.05) is 6.92 Å². The third kappa shape index (κ3) is 2.96. The molecule has 24 heavy (non-hydrogen) atoms. The second-order valence-electron chi connectivity index (χ2n) is 6.85. The first-order valence-corrected chi connectivity index (χ1v) is 9.91. The Bertz CT molecular complexity index is 747. The fourth-order valence-corrected chi connectivity index (χ4v) is 5.47. The van der Waals surface area contributed by atoms with E-state index in [0.29, 0.717) is 36.9 Å². The van der Waals surface area contributed by atoms with Crippen molar-refractivity contribution in [3.63, 3.8) is 0 Å². The molecule has 1 fully saturated rings. The number of anilines is 1. The third-order valence-electron chi connectivity index (χ3n) is 5.13. The molecule has 1 aromatic carbocycles. The van der Waals surface area contributed by atoms with E-state index >= 15 is 0 Å². The summed E-state index contributed by atoms with van der Waals surface area (Å²) in [5, 5.41) is 0. The summed E-state index contributed by atoms with van der Waals surface area (Å²) in [5.74, 6) is 0.478. The number of carbonyl (C=O) groups excluding carboxylic acids is 1. The molecule has 1 aromatic rings. The molecule has 2 aliphatic rings. The van der Waals surface area contributed by atoms with Crippen molar-refractivity contribution < 1.29 is 13.2 Å². The van der Waals surface area contributed by atoms with Gasteiger partial charge in [-0.15, -0.1) is 0 Å². The molecular formula is C17H25N3O3S. The van der Waals surface area contributed by atoms with Crippen LogP contribution in [0.1, 0.15) is 32.3 Å². The number of nitrogens with two attached hydrogens (primary N) is 1. The zero-order valence-electron chi connectivity index (χ0n) is 14.2. The summed E-state index contributed by atoms with van der Waals surface area (Å²) in [6.45, 7) is 5.13. The number of amides is 1. The van der Waals surface area contributed by atoms with Gasteiger partial charge in [0.1, 0.15) is 0 Å². The Morgan fingerprint density at radius 3 is 2.75 bits per heavy atom. The lowest BCUT2D eigenvalue weighted by Gasteiger charge is -2.36. The van der Waals surface area contributed by atoms with Crippen molar-refractivity contribution in [2.75, 3.05) is 24.5 Å². The molecule has 7 heteroatoms. The molecule has 2 unspecified atom stereocenters. The standard InChI is InChI=1S/C17H25N3O3S/c1-12-5-8-20(15(9-12)11-18)24(22,23)16-3-4-17-14(10-16)6-7-19(17)13(2)21/h3-4,10,12,15H,5-9,11,18H2,1-2H3. The number of nitrogens with zero attached hydrogens (tertiary/aromatic N) is 2. The summed E-state index contributed by atoms with van der Waals surface area (Å²) in [6, 6.07) is 4.95. The largest absolute Gasteiger partial charge is 0.329 e. The van der Waals surface area contributed by atoms with Crippen LogP contribution in [0, 0.1) is 5.92 Å². The quantitative estimate of drug-likeness (QED) is 0.891. The number of rotatable bonds is 3. The van der Waals surface area contributed by atoms with Crippen LogP contribution in [0.3, 0.4) is 0 Å². The Balaban J connectivity index is 1.92. The fourth-order valence-electron chi connectivity index (χ4n) is 3.76. The van der Waals surface area contributed by atoms with Gasteiger partial charge in [-0.05, 0) is 48.9 Å². The Hall–Kier alpha value is -1.44. The van der Waals surface area contributed by atoms with Gasteiger partial charge in [0.2, 0.25) is 15.9 Å². The number of hydrogen-bond donors (Lipinski definition) is 1. The Morgan fingerprint density at radius 1 is 1.33 bits per heavy atom. The minimum atomic E-state index is -3.56. The zero-order chi connectivity index (χ0) is 17.5. The predicted molar refractivity (Wildman–Crippen MR) is 93.3 cm³/mol. The number of hydrogen-bond acceptors (Lipinski definition) is 4. The lowest BCUT2D eigenvalue weighted by Crippen LogP contribution is -2.49. The van der Waals surface area contributed by atoms with Gasteiger partial charge in [0.25, 0.3) is 0 Å². The SMILES string of the molecule is CC(=O)N1CCc2cc(S(=O)(=O)N3CCC(C)CC3CN)ccc21. The smallest absolute Gasteiger partial charge is 0.243 e. The van der Waals surface area contributed by atoms with Crippen LogP contribution in [0.25, 0.3) is 0 Å². The van der Waals surface area contributed by atoms with Crippen LogP contribution < -0.4 is 10.6 Å². The van der Waals surface area contributed by atoms with Crippen molar-refractivity contribution in [1.82, 2.24) is 4.31 Å². The van der Waals surface area contributed by atoms with E-state index in [9.17, 15) is 13.2 Å². The van der Waals surface area contributed by atoms with Gasteiger partial charge in [-0.3, -0.25) is 4.79 Å². The van der Waals surface area contributed by atoms with Crippen LogP contribution in [0.5, 0.6) is 0 Å². The molecule has 0 saturated carbocycles.